The van der Waals surface area contributed by atoms with E-state index in [9.17, 15) is 53.7 Å². The predicted molar refractivity (Wildman–Crippen MR) is 428 cm³/mol. The molecular weight excluding hydrogens is 1430 g/mol. The van der Waals surface area contributed by atoms with Gasteiger partial charge in [0.1, 0.15) is 30.2 Å². The Labute approximate surface area is 651 Å². The minimum absolute atomic E-state index is 0.0539. The Hall–Kier alpha value is -7.85. The highest BCUT2D eigenvalue weighted by atomic mass is 32.1. The molecule has 3 aliphatic heterocycles. The number of thiazole rings is 3. The number of nitrogens with one attached hydrogen (secondary N) is 6. The van der Waals surface area contributed by atoms with Crippen LogP contribution >= 0.6 is 34.0 Å². The van der Waals surface area contributed by atoms with Gasteiger partial charge in [-0.05, 0) is 115 Å². The van der Waals surface area contributed by atoms with Gasteiger partial charge in [0.2, 0.25) is 47.3 Å². The molecule has 590 valence electrons. The summed E-state index contributed by atoms with van der Waals surface area (Å²) in [5.74, 6) is -2.13. The van der Waals surface area contributed by atoms with Crippen LogP contribution in [0.1, 0.15) is 208 Å². The normalized spacial score (nSPS) is 19.8. The summed E-state index contributed by atoms with van der Waals surface area (Å²) < 4.78 is 0. The van der Waals surface area contributed by atoms with Crippen molar-refractivity contribution in [3.63, 3.8) is 0 Å². The van der Waals surface area contributed by atoms with Crippen molar-refractivity contribution in [2.24, 2.45) is 28.1 Å². The number of rotatable bonds is 22. The number of amides is 8. The maximum absolute atomic E-state index is 13.6. The summed E-state index contributed by atoms with van der Waals surface area (Å²) in [4.78, 5) is 126. The van der Waals surface area contributed by atoms with Crippen molar-refractivity contribution >= 4 is 81.3 Å². The fraction of sp³-hybridized carbons (Fsp3) is 0.573. The van der Waals surface area contributed by atoms with Crippen molar-refractivity contribution < 1.29 is 53.7 Å². The zero-order chi connectivity index (χ0) is 80.4. The molecule has 9 rings (SSSR count). The number of likely N-dealkylation sites (tertiary alicyclic amines) is 3. The number of carbonyl (C=O) groups excluding carboxylic acids is 8. The first kappa shape index (κ1) is 87.4. The van der Waals surface area contributed by atoms with Crippen LogP contribution in [0.2, 0.25) is 0 Å². The molecule has 3 aromatic carbocycles. The Morgan fingerprint density at radius 3 is 1.11 bits per heavy atom. The summed E-state index contributed by atoms with van der Waals surface area (Å²) in [7, 11) is 0. The molecule has 23 nitrogen and oxygen atoms in total. The summed E-state index contributed by atoms with van der Waals surface area (Å²) in [6.45, 7) is 42.5. The number of hydrogen-bond acceptors (Lipinski definition) is 18. The van der Waals surface area contributed by atoms with Crippen LogP contribution in [-0.2, 0) is 44.8 Å². The molecule has 0 spiro atoms. The average molecular weight is 1540 g/mol. The number of hydrogen-bond donors (Lipinski definition) is 9. The van der Waals surface area contributed by atoms with Gasteiger partial charge in [-0.3, -0.25) is 38.4 Å². The minimum Gasteiger partial charge on any atom is -0.391 e. The molecule has 3 saturated heterocycles. The van der Waals surface area contributed by atoms with Crippen LogP contribution in [0.3, 0.4) is 0 Å². The quantitative estimate of drug-likeness (QED) is 0.0305. The molecule has 8 amide bonds. The van der Waals surface area contributed by atoms with E-state index >= 15 is 0 Å². The molecule has 0 unspecified atom stereocenters. The summed E-state index contributed by atoms with van der Waals surface area (Å²) in [6.07, 6.45) is -0.905. The fourth-order valence-electron chi connectivity index (χ4n) is 13.8. The van der Waals surface area contributed by atoms with E-state index in [1.807, 2.05) is 183 Å². The molecule has 108 heavy (non-hydrogen) atoms. The monoisotopic (exact) mass is 1540 g/mol. The van der Waals surface area contributed by atoms with Gasteiger partial charge in [-0.15, -0.1) is 34.0 Å². The maximum atomic E-state index is 13.6. The van der Waals surface area contributed by atoms with Crippen LogP contribution in [0.5, 0.6) is 0 Å². The van der Waals surface area contributed by atoms with Gasteiger partial charge in [0, 0.05) is 57.8 Å². The number of benzene rings is 3. The summed E-state index contributed by atoms with van der Waals surface area (Å²) in [6, 6.07) is 17.3. The summed E-state index contributed by atoms with van der Waals surface area (Å²) in [5.41, 5.74) is 14.4. The highest BCUT2D eigenvalue weighted by Crippen LogP contribution is 2.36. The smallest absolute Gasteiger partial charge is 0.246 e. The van der Waals surface area contributed by atoms with Crippen LogP contribution in [0.15, 0.2) is 83.3 Å². The van der Waals surface area contributed by atoms with Crippen molar-refractivity contribution in [2.75, 3.05) is 19.6 Å². The second-order valence-electron chi connectivity index (χ2n) is 33.5. The van der Waals surface area contributed by atoms with Crippen molar-refractivity contribution in [1.29, 1.82) is 0 Å². The second kappa shape index (κ2) is 37.2. The van der Waals surface area contributed by atoms with E-state index in [1.165, 1.54) is 16.7 Å². The van der Waals surface area contributed by atoms with Gasteiger partial charge in [0.05, 0.1) is 90.7 Å². The third-order valence-electron chi connectivity index (χ3n) is 19.8. The van der Waals surface area contributed by atoms with Crippen molar-refractivity contribution in [3.05, 3.63) is 123 Å². The highest BCUT2D eigenvalue weighted by molar-refractivity contribution is 7.14. The Balaban J connectivity index is 0.000000226. The van der Waals surface area contributed by atoms with E-state index in [4.69, 9.17) is 0 Å². The second-order valence-corrected chi connectivity index (χ2v) is 36.1. The summed E-state index contributed by atoms with van der Waals surface area (Å²) >= 11 is 4.81. The van der Waals surface area contributed by atoms with Gasteiger partial charge >= 0.3 is 0 Å². The lowest BCUT2D eigenvalue weighted by Gasteiger charge is -2.36. The number of aryl methyl sites for hydroxylation is 3. The number of aromatic nitrogens is 3. The van der Waals surface area contributed by atoms with E-state index in [0.29, 0.717) is 5.92 Å². The standard InChI is InChI=1S/C29H42N4O4S.C27H38N4O4S.C26H38N4O3S/c1-16(2)11-21-12-20(25-18(4)30-15-38-25)9-10-23(21)17(3)31-27(36)24-13-22(35)14-33(24)28(37)26(29(6,7)8)32-19(5)34;1-15(2)24(33)30-23(27(5,6)7)26(35)31-13-20(32)12-21(31)25(34)29-16(3)18-8-10-19(11-9-18)22-17(4)28-14-36-22;1-15(2)28-23(26(5,6)7)25(33)30-13-20(31)12-21(30)24(32)29-16(3)18-8-10-19(11-9-18)22-17(4)27-14-34-22/h9-10,12,15-17,22,24,26,35H,11,13-14H2,1-8H3,(H,31,36)(H,32,34);8-11,14-16,20-21,23,32H,12-13H2,1-7H3,(H,29,34)(H,30,33);8-11,14-16,20-21,23,28,31H,12-13H2,1-7H3,(H,29,32)/t17-,22+,24-,26+;2*16-,20+,21-,23+/m000/s1. The molecule has 6 aromatic rings. The molecule has 3 fully saturated rings. The van der Waals surface area contributed by atoms with Crippen LogP contribution < -0.4 is 31.9 Å². The molecule has 0 bridgehead atoms. The van der Waals surface area contributed by atoms with E-state index in [2.05, 4.69) is 78.9 Å². The van der Waals surface area contributed by atoms with Gasteiger partial charge in [0.15, 0.2) is 0 Å². The van der Waals surface area contributed by atoms with Crippen molar-refractivity contribution in [2.45, 2.75) is 257 Å². The number of nitrogens with zero attached hydrogens (tertiary/aromatic N) is 6. The Morgan fingerprint density at radius 2 is 0.796 bits per heavy atom. The first-order valence-electron chi connectivity index (χ1n) is 37.6. The number of β-amino-alcohol motifs (C(OH)–C–C–N with tert-alkyl or cyclic N) is 3. The van der Waals surface area contributed by atoms with E-state index in [-0.39, 0.29) is 122 Å². The van der Waals surface area contributed by atoms with Gasteiger partial charge in [-0.2, -0.15) is 0 Å². The van der Waals surface area contributed by atoms with Crippen LogP contribution in [0.25, 0.3) is 31.3 Å². The topological polar surface area (TPSA) is 318 Å². The molecule has 3 aromatic heterocycles. The Bertz CT molecular complexity index is 4070. The molecule has 0 aliphatic carbocycles. The molecule has 3 aliphatic rings. The number of aliphatic hydroxyl groups excluding tert-OH is 3. The lowest BCUT2D eigenvalue weighted by molar-refractivity contribution is -0.144. The molecule has 12 atom stereocenters. The number of carbonyl (C=O) groups is 8. The average Bonchev–Trinajstić information content (AvgIpc) is 1.53. The third-order valence-corrected chi connectivity index (χ3v) is 22.7. The van der Waals surface area contributed by atoms with Crippen molar-refractivity contribution in [1.82, 2.24) is 61.6 Å². The lowest BCUT2D eigenvalue weighted by Crippen LogP contribution is -2.58. The SMILES string of the molecule is CC(=O)N[C@H](C(=O)N1C[C@H](O)C[C@H]1C(=O)N[C@@H](C)c1ccc(-c2scnc2C)cc1CC(C)C)C(C)(C)C.Cc1ncsc1-c1ccc([C@H](C)NC(=O)[C@@H]2C[C@@H](O)CN2C(=O)[C@@H](NC(=O)C(C)C)C(C)(C)C)cc1.Cc1ncsc1-c1ccc([C@H](C)NC(=O)[C@@H]2C[C@@H](O)CN2C(=O)[C@@H](NC(C)C)C(C)(C)C)cc1. The zero-order valence-electron chi connectivity index (χ0n) is 67.2. The first-order chi connectivity index (χ1) is 50.4. The summed E-state index contributed by atoms with van der Waals surface area (Å²) in [5, 5.41) is 49.2. The van der Waals surface area contributed by atoms with E-state index in [0.717, 1.165) is 77.1 Å². The van der Waals surface area contributed by atoms with Gasteiger partial charge in [-0.25, -0.2) is 15.0 Å². The zero-order valence-corrected chi connectivity index (χ0v) is 69.7. The highest BCUT2D eigenvalue weighted by Gasteiger charge is 2.48. The Morgan fingerprint density at radius 1 is 0.463 bits per heavy atom. The van der Waals surface area contributed by atoms with Crippen LogP contribution in [-0.4, -0.2) is 172 Å². The molecular formula is C82H118N12O11S3. The van der Waals surface area contributed by atoms with Crippen LogP contribution in [0.4, 0.5) is 0 Å². The minimum atomic E-state index is -0.814. The van der Waals surface area contributed by atoms with E-state index < -0.39 is 65.4 Å². The first-order valence-corrected chi connectivity index (χ1v) is 40.2. The molecule has 6 heterocycles. The van der Waals surface area contributed by atoms with E-state index in [1.54, 1.807) is 52.8 Å². The molecule has 0 radical (unpaired) electrons. The molecule has 26 heteroatoms. The van der Waals surface area contributed by atoms with Gasteiger partial charge < -0.3 is 61.9 Å². The Kier molecular flexibility index (Phi) is 30.1. The predicted octanol–water partition coefficient (Wildman–Crippen LogP) is 11.1. The largest absolute Gasteiger partial charge is 0.391 e. The lowest BCUT2D eigenvalue weighted by atomic mass is 9.85. The van der Waals surface area contributed by atoms with Gasteiger partial charge in [-0.1, -0.05) is 165 Å². The number of aliphatic hydroxyl groups is 3. The third kappa shape index (κ3) is 22.9. The van der Waals surface area contributed by atoms with Crippen LogP contribution in [0, 0.1) is 48.9 Å². The molecule has 9 N–H and O–H groups in total. The fourth-order valence-corrected chi connectivity index (χ4v) is 16.2. The molecule has 0 saturated carbocycles. The van der Waals surface area contributed by atoms with Crippen molar-refractivity contribution in [3.8, 4) is 31.3 Å². The maximum Gasteiger partial charge on any atom is 0.246 e. The van der Waals surface area contributed by atoms with Gasteiger partial charge in [0.25, 0.3) is 0 Å².